The zero-order valence-electron chi connectivity index (χ0n) is 13.0. The number of aliphatic hydroxyl groups excluding tert-OH is 1. The molecule has 0 aromatic rings. The molecule has 0 spiro atoms. The van der Waals surface area contributed by atoms with Gasteiger partial charge in [-0.25, -0.2) is 9.78 Å². The highest BCUT2D eigenvalue weighted by molar-refractivity contribution is 4.89. The van der Waals surface area contributed by atoms with Crippen LogP contribution >= 0.6 is 0 Å². The molecule has 2 rings (SSSR count). The van der Waals surface area contributed by atoms with Crippen LogP contribution in [0.5, 0.6) is 0 Å². The van der Waals surface area contributed by atoms with Crippen LogP contribution in [0.1, 0.15) is 32.6 Å². The Morgan fingerprint density at radius 3 is 2.55 bits per heavy atom. The average Bonchev–Trinajstić information content (AvgIpc) is 2.49. The third kappa shape index (κ3) is 4.15. The van der Waals surface area contributed by atoms with Crippen molar-refractivity contribution in [3.8, 4) is 0 Å². The summed E-state index contributed by atoms with van der Waals surface area (Å²) < 4.78 is 0. The summed E-state index contributed by atoms with van der Waals surface area (Å²) in [6.45, 7) is 7.99. The molecule has 2 fully saturated rings. The summed E-state index contributed by atoms with van der Waals surface area (Å²) in [6, 6.07) is 0.381. The summed E-state index contributed by atoms with van der Waals surface area (Å²) in [4.78, 5) is 14.5. The van der Waals surface area contributed by atoms with Crippen molar-refractivity contribution in [3.05, 3.63) is 0 Å². The molecule has 1 heterocycles. The summed E-state index contributed by atoms with van der Waals surface area (Å²) in [7, 11) is 1.55. The summed E-state index contributed by atoms with van der Waals surface area (Å²) in [5.74, 6) is 0.502. The van der Waals surface area contributed by atoms with E-state index in [4.69, 9.17) is 4.89 Å². The highest BCUT2D eigenvalue weighted by Gasteiger charge is 2.35. The van der Waals surface area contributed by atoms with Gasteiger partial charge >= 0.3 is 0 Å². The predicted molar refractivity (Wildman–Crippen MR) is 78.4 cm³/mol. The van der Waals surface area contributed by atoms with Crippen LogP contribution in [0.25, 0.3) is 0 Å². The fourth-order valence-electron chi connectivity index (χ4n) is 3.66. The maximum Gasteiger partial charge on any atom is 0.0949 e. The Morgan fingerprint density at radius 1 is 1.15 bits per heavy atom. The second-order valence-corrected chi connectivity index (χ2v) is 6.02. The molecule has 5 nitrogen and oxygen atoms in total. The van der Waals surface area contributed by atoms with E-state index in [1.54, 1.807) is 7.11 Å². The zero-order valence-corrected chi connectivity index (χ0v) is 13.0. The minimum absolute atomic E-state index is 0.128. The SMILES string of the molecule is CCC1CCCC(N2CCN(CCOOC)CC2)C1O. The van der Waals surface area contributed by atoms with Gasteiger partial charge in [0.15, 0.2) is 0 Å². The molecule has 2 aliphatic rings. The van der Waals surface area contributed by atoms with Gasteiger partial charge in [-0.2, -0.15) is 0 Å². The molecular formula is C15H30N2O3. The first-order valence-corrected chi connectivity index (χ1v) is 8.06. The molecule has 0 bridgehead atoms. The standard InChI is InChI=1S/C15H30N2O3/c1-3-13-5-4-6-14(15(13)18)17-9-7-16(8-10-17)11-12-20-19-2/h13-15,18H,3-12H2,1-2H3. The fourth-order valence-corrected chi connectivity index (χ4v) is 3.66. The highest BCUT2D eigenvalue weighted by Crippen LogP contribution is 2.30. The van der Waals surface area contributed by atoms with Gasteiger partial charge < -0.3 is 5.11 Å². The molecule has 3 atom stereocenters. The van der Waals surface area contributed by atoms with Crippen LogP contribution in [0.4, 0.5) is 0 Å². The molecule has 118 valence electrons. The second-order valence-electron chi connectivity index (χ2n) is 6.02. The molecular weight excluding hydrogens is 256 g/mol. The number of rotatable bonds is 6. The third-order valence-corrected chi connectivity index (χ3v) is 4.96. The average molecular weight is 286 g/mol. The van der Waals surface area contributed by atoms with Crippen molar-refractivity contribution in [3.63, 3.8) is 0 Å². The van der Waals surface area contributed by atoms with Crippen molar-refractivity contribution < 1.29 is 14.9 Å². The summed E-state index contributed by atoms with van der Waals surface area (Å²) in [6.07, 6.45) is 4.60. The smallest absolute Gasteiger partial charge is 0.0949 e. The van der Waals surface area contributed by atoms with Gasteiger partial charge in [0.2, 0.25) is 0 Å². The first kappa shape index (κ1) is 16.2. The monoisotopic (exact) mass is 286 g/mol. The number of hydrogen-bond acceptors (Lipinski definition) is 5. The summed E-state index contributed by atoms with van der Waals surface area (Å²) in [5.41, 5.74) is 0. The van der Waals surface area contributed by atoms with Gasteiger partial charge in [-0.15, -0.1) is 0 Å². The van der Waals surface area contributed by atoms with E-state index in [1.807, 2.05) is 0 Å². The van der Waals surface area contributed by atoms with Gasteiger partial charge in [0, 0.05) is 38.8 Å². The molecule has 1 N–H and O–H groups in total. The lowest BCUT2D eigenvalue weighted by molar-refractivity contribution is -0.273. The van der Waals surface area contributed by atoms with Gasteiger partial charge in [0.05, 0.1) is 19.8 Å². The highest BCUT2D eigenvalue weighted by atomic mass is 17.2. The second kappa shape index (κ2) is 8.29. The Morgan fingerprint density at radius 2 is 1.90 bits per heavy atom. The van der Waals surface area contributed by atoms with Gasteiger partial charge in [-0.1, -0.05) is 19.8 Å². The molecule has 1 saturated carbocycles. The predicted octanol–water partition coefficient (Wildman–Crippen LogP) is 1.12. The molecule has 20 heavy (non-hydrogen) atoms. The Hall–Kier alpha value is -0.200. The zero-order chi connectivity index (χ0) is 14.4. The molecule has 3 unspecified atom stereocenters. The molecule has 0 radical (unpaired) electrons. The number of piperazine rings is 1. The third-order valence-electron chi connectivity index (χ3n) is 4.96. The van der Waals surface area contributed by atoms with Crippen molar-refractivity contribution >= 4 is 0 Å². The van der Waals surface area contributed by atoms with Crippen LogP contribution in [0, 0.1) is 5.92 Å². The summed E-state index contributed by atoms with van der Waals surface area (Å²) >= 11 is 0. The maximum atomic E-state index is 10.5. The van der Waals surface area contributed by atoms with Crippen LogP contribution in [-0.2, 0) is 9.78 Å². The van der Waals surface area contributed by atoms with Crippen molar-refractivity contribution in [2.75, 3.05) is 46.4 Å². The molecule has 1 aliphatic carbocycles. The van der Waals surface area contributed by atoms with Crippen LogP contribution in [-0.4, -0.2) is 73.5 Å². The minimum atomic E-state index is -0.128. The van der Waals surface area contributed by atoms with Gasteiger partial charge in [-0.3, -0.25) is 9.80 Å². The quantitative estimate of drug-likeness (QED) is 0.450. The van der Waals surface area contributed by atoms with Gasteiger partial charge in [-0.05, 0) is 18.8 Å². The normalized spacial score (nSPS) is 33.5. The lowest BCUT2D eigenvalue weighted by Gasteiger charge is -2.45. The number of hydrogen-bond donors (Lipinski definition) is 1. The first-order chi connectivity index (χ1) is 9.76. The van der Waals surface area contributed by atoms with Crippen LogP contribution < -0.4 is 0 Å². The first-order valence-electron chi connectivity index (χ1n) is 8.06. The summed E-state index contributed by atoms with van der Waals surface area (Å²) in [5, 5.41) is 10.5. The Balaban J connectivity index is 1.75. The number of aliphatic hydroxyl groups is 1. The van der Waals surface area contributed by atoms with Crippen LogP contribution in [0.15, 0.2) is 0 Å². The van der Waals surface area contributed by atoms with E-state index >= 15 is 0 Å². The minimum Gasteiger partial charge on any atom is -0.391 e. The molecule has 0 amide bonds. The molecule has 5 heteroatoms. The topological polar surface area (TPSA) is 45.2 Å². The van der Waals surface area contributed by atoms with Crippen molar-refractivity contribution in [2.45, 2.75) is 44.8 Å². The van der Waals surface area contributed by atoms with E-state index in [1.165, 1.54) is 12.8 Å². The van der Waals surface area contributed by atoms with Gasteiger partial charge in [0.1, 0.15) is 0 Å². The van der Waals surface area contributed by atoms with Crippen LogP contribution in [0.3, 0.4) is 0 Å². The van der Waals surface area contributed by atoms with Crippen LogP contribution in [0.2, 0.25) is 0 Å². The Kier molecular flexibility index (Phi) is 6.71. The fraction of sp³-hybridized carbons (Fsp3) is 1.00. The Bertz CT molecular complexity index is 270. The Labute approximate surface area is 122 Å². The van der Waals surface area contributed by atoms with Gasteiger partial charge in [0.25, 0.3) is 0 Å². The van der Waals surface area contributed by atoms with E-state index in [0.29, 0.717) is 18.6 Å². The van der Waals surface area contributed by atoms with Crippen molar-refractivity contribution in [2.24, 2.45) is 5.92 Å². The lowest BCUT2D eigenvalue weighted by Crippen LogP contribution is -2.56. The van der Waals surface area contributed by atoms with Crippen molar-refractivity contribution in [1.82, 2.24) is 9.80 Å². The van der Waals surface area contributed by atoms with E-state index < -0.39 is 0 Å². The molecule has 1 aliphatic heterocycles. The van der Waals surface area contributed by atoms with Crippen molar-refractivity contribution in [1.29, 1.82) is 0 Å². The van der Waals surface area contributed by atoms with E-state index in [0.717, 1.165) is 45.6 Å². The van der Waals surface area contributed by atoms with E-state index in [-0.39, 0.29) is 6.10 Å². The van der Waals surface area contributed by atoms with E-state index in [9.17, 15) is 5.11 Å². The molecule has 0 aromatic heterocycles. The number of nitrogens with zero attached hydrogens (tertiary/aromatic N) is 2. The largest absolute Gasteiger partial charge is 0.391 e. The molecule has 0 aromatic carbocycles. The lowest BCUT2D eigenvalue weighted by atomic mass is 9.80. The maximum absolute atomic E-state index is 10.5. The molecule has 1 saturated heterocycles. The van der Waals surface area contributed by atoms with E-state index in [2.05, 4.69) is 21.6 Å².